The second-order valence-electron chi connectivity index (χ2n) is 13.1. The first kappa shape index (κ1) is 40.5. The van der Waals surface area contributed by atoms with Crippen molar-refractivity contribution >= 4 is 46.4 Å². The number of carbonyl (C=O) groups excluding carboxylic acids is 1. The summed E-state index contributed by atoms with van der Waals surface area (Å²) in [6.07, 6.45) is 27.1. The molecule has 2 aliphatic rings. The zero-order chi connectivity index (χ0) is 35.9. The molecule has 0 amide bonds. The van der Waals surface area contributed by atoms with Crippen LogP contribution < -0.4 is 9.64 Å². The molecular weight excluding hydrogens is 681 g/mol. The number of hydrogen-bond acceptors (Lipinski definition) is 7. The van der Waals surface area contributed by atoms with E-state index >= 15 is 0 Å². The van der Waals surface area contributed by atoms with E-state index in [1.54, 1.807) is 0 Å². The van der Waals surface area contributed by atoms with Crippen LogP contribution in [0.5, 0.6) is 5.75 Å². The van der Waals surface area contributed by atoms with Gasteiger partial charge in [0.25, 0.3) is 0 Å². The summed E-state index contributed by atoms with van der Waals surface area (Å²) >= 11 is 12.6. The number of esters is 1. The lowest BCUT2D eigenvalue weighted by atomic mass is 10.0. The Morgan fingerprint density at radius 3 is 2.41 bits per heavy atom. The number of aryl methyl sites for hydroxylation is 1. The van der Waals surface area contributed by atoms with Crippen LogP contribution in [0.15, 0.2) is 77.8 Å². The number of piperazine rings is 1. The second-order valence-corrected chi connectivity index (χ2v) is 13.9. The molecule has 1 fully saturated rings. The summed E-state index contributed by atoms with van der Waals surface area (Å²) in [6.45, 7) is 7.66. The SMILES string of the molecule is CC/C=C\C/C=C\C/C=C\CCCCCCCC(=O)OCOC1=Nc2cc(OCCCCN3CCN(c4cccc(Cl)c4Cl)CC3)ccc2CC1. The normalized spacial score (nSPS) is 15.1. The summed E-state index contributed by atoms with van der Waals surface area (Å²) < 4.78 is 17.1. The van der Waals surface area contributed by atoms with Crippen LogP contribution in [0.1, 0.15) is 96.0 Å². The first-order chi connectivity index (χ1) is 25.0. The zero-order valence-electron chi connectivity index (χ0n) is 30.5. The average Bonchev–Trinajstić information content (AvgIpc) is 3.14. The average molecular weight is 739 g/mol. The lowest BCUT2D eigenvalue weighted by molar-refractivity contribution is -0.151. The minimum Gasteiger partial charge on any atom is -0.494 e. The molecule has 0 saturated carbocycles. The van der Waals surface area contributed by atoms with Crippen LogP contribution in [0.2, 0.25) is 10.0 Å². The number of rotatable bonds is 22. The molecule has 0 aromatic heterocycles. The van der Waals surface area contributed by atoms with E-state index in [0.29, 0.717) is 35.4 Å². The van der Waals surface area contributed by atoms with E-state index in [0.717, 1.165) is 114 Å². The fourth-order valence-electron chi connectivity index (χ4n) is 6.19. The Balaban J connectivity index is 1.01. The number of allylic oxidation sites excluding steroid dienone is 6. The minimum absolute atomic E-state index is 0.0937. The van der Waals surface area contributed by atoms with E-state index < -0.39 is 0 Å². The maximum Gasteiger partial charge on any atom is 0.308 e. The quantitative estimate of drug-likeness (QED) is 0.0519. The topological polar surface area (TPSA) is 63.6 Å². The van der Waals surface area contributed by atoms with Gasteiger partial charge in [-0.15, -0.1) is 0 Å². The molecule has 0 radical (unpaired) electrons. The number of carbonyl (C=O) groups is 1. The molecule has 9 heteroatoms. The summed E-state index contributed by atoms with van der Waals surface area (Å²) in [6, 6.07) is 11.9. The van der Waals surface area contributed by atoms with Crippen molar-refractivity contribution in [3.05, 3.63) is 88.5 Å². The fraction of sp³-hybridized carbons (Fsp3) is 0.524. The summed E-state index contributed by atoms with van der Waals surface area (Å²) in [7, 11) is 0. The van der Waals surface area contributed by atoms with Gasteiger partial charge in [0, 0.05) is 45.1 Å². The standard InChI is InChI=1S/C42H57Cl2N3O4/c1-2-3-4-5-6-7-8-9-10-11-12-13-14-15-16-22-41(48)51-34-50-40-26-24-35-23-25-36(33-38(35)45-40)49-32-18-17-27-46-28-30-47(31-29-46)39-21-19-20-37(43)42(39)44/h3-4,6-7,9-10,19-21,23,25,33H,2,5,8,11-18,22,24,26-32,34H2,1H3/b4-3-,7-6-,10-9-. The molecule has 0 spiro atoms. The minimum atomic E-state index is -0.214. The number of fused-ring (bicyclic) bond motifs is 1. The number of hydrogen-bond donors (Lipinski definition) is 0. The zero-order valence-corrected chi connectivity index (χ0v) is 32.0. The van der Waals surface area contributed by atoms with Gasteiger partial charge in [-0.1, -0.05) is 98.0 Å². The van der Waals surface area contributed by atoms with Crippen molar-refractivity contribution in [2.45, 2.75) is 96.8 Å². The maximum absolute atomic E-state index is 12.2. The molecule has 2 aromatic rings. The number of ether oxygens (including phenoxy) is 3. The largest absolute Gasteiger partial charge is 0.494 e. The Hall–Kier alpha value is -3.26. The molecule has 4 rings (SSSR count). The van der Waals surface area contributed by atoms with Crippen molar-refractivity contribution < 1.29 is 19.0 Å². The van der Waals surface area contributed by atoms with Gasteiger partial charge in [0.05, 0.1) is 28.0 Å². The first-order valence-corrected chi connectivity index (χ1v) is 19.8. The molecule has 0 atom stereocenters. The highest BCUT2D eigenvalue weighted by molar-refractivity contribution is 6.43. The predicted octanol–water partition coefficient (Wildman–Crippen LogP) is 11.1. The van der Waals surface area contributed by atoms with Gasteiger partial charge in [-0.25, -0.2) is 4.99 Å². The lowest BCUT2D eigenvalue weighted by Crippen LogP contribution is -2.46. The molecule has 2 aromatic carbocycles. The summed E-state index contributed by atoms with van der Waals surface area (Å²) in [5.74, 6) is 1.19. The highest BCUT2D eigenvalue weighted by Gasteiger charge is 2.20. The number of anilines is 1. The first-order valence-electron chi connectivity index (χ1n) is 19.0. The third kappa shape index (κ3) is 15.5. The van der Waals surface area contributed by atoms with E-state index in [2.05, 4.69) is 64.2 Å². The third-order valence-corrected chi connectivity index (χ3v) is 9.98. The number of nitrogens with zero attached hydrogens (tertiary/aromatic N) is 3. The molecule has 51 heavy (non-hydrogen) atoms. The van der Waals surface area contributed by atoms with Crippen LogP contribution >= 0.6 is 23.2 Å². The van der Waals surface area contributed by atoms with Crippen molar-refractivity contribution in [1.82, 2.24) is 4.90 Å². The van der Waals surface area contributed by atoms with Crippen molar-refractivity contribution in [1.29, 1.82) is 0 Å². The number of halogens is 2. The third-order valence-electron chi connectivity index (χ3n) is 9.17. The molecule has 7 nitrogen and oxygen atoms in total. The van der Waals surface area contributed by atoms with Crippen LogP contribution in [-0.2, 0) is 20.7 Å². The van der Waals surface area contributed by atoms with Gasteiger partial charge in [0.2, 0.25) is 6.79 Å². The smallest absolute Gasteiger partial charge is 0.308 e. The van der Waals surface area contributed by atoms with Gasteiger partial charge in [-0.05, 0) is 88.1 Å². The molecule has 2 aliphatic heterocycles. The van der Waals surface area contributed by atoms with E-state index in [4.69, 9.17) is 37.4 Å². The Morgan fingerprint density at radius 1 is 0.824 bits per heavy atom. The number of unbranched alkanes of at least 4 members (excludes halogenated alkanes) is 6. The van der Waals surface area contributed by atoms with Crippen LogP contribution in [0.3, 0.4) is 0 Å². The van der Waals surface area contributed by atoms with E-state index in [-0.39, 0.29) is 12.8 Å². The molecule has 0 aliphatic carbocycles. The molecule has 2 heterocycles. The molecule has 278 valence electrons. The Morgan fingerprint density at radius 2 is 1.59 bits per heavy atom. The fourth-order valence-corrected chi connectivity index (χ4v) is 6.60. The molecule has 1 saturated heterocycles. The monoisotopic (exact) mass is 737 g/mol. The highest BCUT2D eigenvalue weighted by Crippen LogP contribution is 2.33. The maximum atomic E-state index is 12.2. The lowest BCUT2D eigenvalue weighted by Gasteiger charge is -2.36. The van der Waals surface area contributed by atoms with Crippen molar-refractivity contribution in [2.24, 2.45) is 4.99 Å². The molecule has 0 bridgehead atoms. The Labute approximate surface area is 316 Å². The summed E-state index contributed by atoms with van der Waals surface area (Å²) in [5.41, 5.74) is 3.05. The van der Waals surface area contributed by atoms with Gasteiger partial charge in [0.1, 0.15) is 5.75 Å². The van der Waals surface area contributed by atoms with Crippen LogP contribution in [0, 0.1) is 0 Å². The Kier molecular flexibility index (Phi) is 19.1. The van der Waals surface area contributed by atoms with Crippen LogP contribution in [0.4, 0.5) is 11.4 Å². The molecular formula is C42H57Cl2N3O4. The highest BCUT2D eigenvalue weighted by atomic mass is 35.5. The number of aliphatic imine (C=N–C) groups is 1. The van der Waals surface area contributed by atoms with Gasteiger partial charge < -0.3 is 19.1 Å². The van der Waals surface area contributed by atoms with Gasteiger partial charge in [-0.2, -0.15) is 0 Å². The predicted molar refractivity (Wildman–Crippen MR) is 213 cm³/mol. The van der Waals surface area contributed by atoms with Crippen molar-refractivity contribution in [2.75, 3.05) is 51.0 Å². The molecule has 0 N–H and O–H groups in total. The van der Waals surface area contributed by atoms with Gasteiger partial charge >= 0.3 is 5.97 Å². The van der Waals surface area contributed by atoms with E-state index in [1.165, 1.54) is 18.4 Å². The second kappa shape index (κ2) is 24.1. The summed E-state index contributed by atoms with van der Waals surface area (Å²) in [4.78, 5) is 21.7. The number of benzene rings is 2. The summed E-state index contributed by atoms with van der Waals surface area (Å²) in [5, 5.41) is 1.24. The van der Waals surface area contributed by atoms with Crippen LogP contribution in [0.25, 0.3) is 0 Å². The van der Waals surface area contributed by atoms with E-state index in [1.807, 2.05) is 30.3 Å². The van der Waals surface area contributed by atoms with Gasteiger partial charge in [0.15, 0.2) is 5.90 Å². The van der Waals surface area contributed by atoms with Crippen LogP contribution in [-0.4, -0.2) is 62.9 Å². The van der Waals surface area contributed by atoms with E-state index in [9.17, 15) is 4.79 Å². The Bertz CT molecular complexity index is 1450. The van der Waals surface area contributed by atoms with Crippen molar-refractivity contribution in [3.8, 4) is 5.75 Å². The van der Waals surface area contributed by atoms with Crippen molar-refractivity contribution in [3.63, 3.8) is 0 Å². The molecule has 0 unspecified atom stereocenters. The van der Waals surface area contributed by atoms with Gasteiger partial charge in [-0.3, -0.25) is 9.69 Å².